The Balaban J connectivity index is 1.84. The van der Waals surface area contributed by atoms with Crippen LogP contribution in [0, 0.1) is 0 Å². The summed E-state index contributed by atoms with van der Waals surface area (Å²) in [5, 5.41) is 12.3. The molecule has 0 atom stereocenters. The molecule has 21 heavy (non-hydrogen) atoms. The average Bonchev–Trinajstić information content (AvgIpc) is 3.12. The van der Waals surface area contributed by atoms with E-state index >= 15 is 0 Å². The molecule has 0 radical (unpaired) electrons. The molecule has 0 aliphatic heterocycles. The Bertz CT molecular complexity index is 719. The van der Waals surface area contributed by atoms with E-state index in [1.54, 1.807) is 18.7 Å². The van der Waals surface area contributed by atoms with Crippen molar-refractivity contribution in [1.82, 2.24) is 24.1 Å². The van der Waals surface area contributed by atoms with Crippen molar-refractivity contribution in [2.45, 2.75) is 20.0 Å². The normalized spacial score (nSPS) is 10.7. The summed E-state index contributed by atoms with van der Waals surface area (Å²) < 4.78 is 6.22. The molecule has 0 saturated carbocycles. The van der Waals surface area contributed by atoms with Crippen LogP contribution in [0.15, 0.2) is 30.9 Å². The number of hydrogen-bond acceptors (Lipinski definition) is 7. The maximum Gasteiger partial charge on any atom is 0.152 e. The maximum absolute atomic E-state index is 5.98. The predicted molar refractivity (Wildman–Crippen MR) is 82.8 cm³/mol. The van der Waals surface area contributed by atoms with Crippen molar-refractivity contribution in [1.29, 1.82) is 0 Å². The number of aryl methyl sites for hydroxylation is 1. The van der Waals surface area contributed by atoms with Crippen LogP contribution in [0.3, 0.4) is 0 Å². The van der Waals surface area contributed by atoms with Crippen LogP contribution in [-0.4, -0.2) is 24.1 Å². The van der Waals surface area contributed by atoms with Gasteiger partial charge in [0.2, 0.25) is 0 Å². The first-order valence-electron chi connectivity index (χ1n) is 6.55. The fourth-order valence-electron chi connectivity index (χ4n) is 2.06. The summed E-state index contributed by atoms with van der Waals surface area (Å²) in [6.45, 7) is 3.47. The fraction of sp³-hybridized carbons (Fsp3) is 0.231. The molecular formula is C13H15N7S. The number of nitrogens with one attached hydrogen (secondary N) is 1. The average molecular weight is 301 g/mol. The standard InChI is InChI=1S/C13H15N7S/c1-2-20-8-17-18-10(20)7-16-13-11(12(14)19-21-13)9-3-5-15-6-4-9/h3-6,8,16H,2,7H2,1H3,(H2,14,19). The van der Waals surface area contributed by atoms with Crippen molar-refractivity contribution in [2.75, 3.05) is 11.1 Å². The largest absolute Gasteiger partial charge is 0.382 e. The third-order valence-corrected chi connectivity index (χ3v) is 3.95. The summed E-state index contributed by atoms with van der Waals surface area (Å²) in [7, 11) is 0. The molecule has 3 rings (SSSR count). The summed E-state index contributed by atoms with van der Waals surface area (Å²) in [6, 6.07) is 3.83. The van der Waals surface area contributed by atoms with Crippen molar-refractivity contribution in [3.8, 4) is 11.1 Å². The molecule has 0 spiro atoms. The van der Waals surface area contributed by atoms with Crippen molar-refractivity contribution in [2.24, 2.45) is 0 Å². The molecule has 3 N–H and O–H groups in total. The number of pyridine rings is 1. The van der Waals surface area contributed by atoms with Gasteiger partial charge in [0.15, 0.2) is 5.82 Å². The molecule has 3 heterocycles. The van der Waals surface area contributed by atoms with E-state index in [1.165, 1.54) is 11.5 Å². The Labute approximate surface area is 126 Å². The summed E-state index contributed by atoms with van der Waals surface area (Å²) in [5.41, 5.74) is 7.89. The second-order valence-corrected chi connectivity index (χ2v) is 5.17. The number of nitrogens with zero attached hydrogens (tertiary/aromatic N) is 5. The van der Waals surface area contributed by atoms with Gasteiger partial charge < -0.3 is 15.6 Å². The van der Waals surface area contributed by atoms with Gasteiger partial charge in [-0.3, -0.25) is 4.98 Å². The first kappa shape index (κ1) is 13.5. The molecule has 3 aromatic rings. The molecule has 0 fully saturated rings. The van der Waals surface area contributed by atoms with Crippen LogP contribution in [0.5, 0.6) is 0 Å². The van der Waals surface area contributed by atoms with E-state index in [-0.39, 0.29) is 0 Å². The third kappa shape index (κ3) is 2.70. The summed E-state index contributed by atoms with van der Waals surface area (Å²) in [5.74, 6) is 1.40. The van der Waals surface area contributed by atoms with Gasteiger partial charge in [0.05, 0.1) is 12.1 Å². The van der Waals surface area contributed by atoms with E-state index in [0.29, 0.717) is 12.4 Å². The zero-order chi connectivity index (χ0) is 14.7. The summed E-state index contributed by atoms with van der Waals surface area (Å²) in [6.07, 6.45) is 5.20. The van der Waals surface area contributed by atoms with E-state index in [2.05, 4.69) is 31.8 Å². The predicted octanol–water partition coefficient (Wildman–Crippen LogP) is 2.01. The lowest BCUT2D eigenvalue weighted by atomic mass is 10.1. The third-order valence-electron chi connectivity index (χ3n) is 3.13. The molecule has 3 aromatic heterocycles. The zero-order valence-electron chi connectivity index (χ0n) is 11.5. The first-order chi connectivity index (χ1) is 10.3. The first-order valence-corrected chi connectivity index (χ1v) is 7.33. The Morgan fingerprint density at radius 2 is 2.14 bits per heavy atom. The van der Waals surface area contributed by atoms with Crippen LogP contribution in [0.25, 0.3) is 11.1 Å². The fourth-order valence-corrected chi connectivity index (χ4v) is 2.79. The minimum Gasteiger partial charge on any atom is -0.382 e. The SMILES string of the molecule is CCn1cnnc1CNc1snc(N)c1-c1ccncc1. The molecule has 0 aliphatic rings. The summed E-state index contributed by atoms with van der Waals surface area (Å²) in [4.78, 5) is 4.02. The lowest BCUT2D eigenvalue weighted by molar-refractivity contribution is 0.708. The van der Waals surface area contributed by atoms with Crippen molar-refractivity contribution >= 4 is 22.4 Å². The van der Waals surface area contributed by atoms with Gasteiger partial charge >= 0.3 is 0 Å². The van der Waals surface area contributed by atoms with E-state index in [9.17, 15) is 0 Å². The van der Waals surface area contributed by atoms with Gasteiger partial charge in [0, 0.05) is 18.9 Å². The highest BCUT2D eigenvalue weighted by Crippen LogP contribution is 2.36. The maximum atomic E-state index is 5.98. The number of nitrogen functional groups attached to an aromatic ring is 1. The molecule has 0 aromatic carbocycles. The molecule has 0 bridgehead atoms. The molecule has 7 nitrogen and oxygen atoms in total. The Hall–Kier alpha value is -2.48. The van der Waals surface area contributed by atoms with Gasteiger partial charge in [-0.2, -0.15) is 4.37 Å². The number of hydrogen-bond donors (Lipinski definition) is 2. The van der Waals surface area contributed by atoms with E-state index < -0.39 is 0 Å². The van der Waals surface area contributed by atoms with Gasteiger partial charge in [-0.15, -0.1) is 10.2 Å². The van der Waals surface area contributed by atoms with Crippen LogP contribution in [0.2, 0.25) is 0 Å². The highest BCUT2D eigenvalue weighted by molar-refractivity contribution is 7.11. The second kappa shape index (κ2) is 5.88. The Morgan fingerprint density at radius 3 is 2.90 bits per heavy atom. The molecule has 0 unspecified atom stereocenters. The monoisotopic (exact) mass is 301 g/mol. The highest BCUT2D eigenvalue weighted by atomic mass is 32.1. The highest BCUT2D eigenvalue weighted by Gasteiger charge is 2.14. The number of nitrogens with two attached hydrogens (primary N) is 1. The molecule has 0 aliphatic carbocycles. The van der Waals surface area contributed by atoms with Gasteiger partial charge in [-0.25, -0.2) is 0 Å². The smallest absolute Gasteiger partial charge is 0.152 e. The van der Waals surface area contributed by atoms with Crippen molar-refractivity contribution < 1.29 is 0 Å². The van der Waals surface area contributed by atoms with E-state index in [1.807, 2.05) is 16.7 Å². The van der Waals surface area contributed by atoms with Crippen LogP contribution in [0.1, 0.15) is 12.7 Å². The Morgan fingerprint density at radius 1 is 1.33 bits per heavy atom. The van der Waals surface area contributed by atoms with Gasteiger partial charge in [-0.05, 0) is 36.2 Å². The second-order valence-electron chi connectivity index (χ2n) is 4.39. The zero-order valence-corrected chi connectivity index (χ0v) is 12.3. The lowest BCUT2D eigenvalue weighted by Crippen LogP contribution is -2.07. The minimum absolute atomic E-state index is 0.519. The molecule has 0 saturated heterocycles. The number of anilines is 2. The van der Waals surface area contributed by atoms with E-state index in [0.717, 1.165) is 28.5 Å². The molecule has 108 valence electrons. The van der Waals surface area contributed by atoms with Gasteiger partial charge in [0.1, 0.15) is 17.1 Å². The van der Waals surface area contributed by atoms with E-state index in [4.69, 9.17) is 5.73 Å². The minimum atomic E-state index is 0.519. The van der Waals surface area contributed by atoms with Crippen LogP contribution in [-0.2, 0) is 13.1 Å². The number of aromatic nitrogens is 5. The van der Waals surface area contributed by atoms with Crippen LogP contribution < -0.4 is 11.1 Å². The van der Waals surface area contributed by atoms with Gasteiger partial charge in [0.25, 0.3) is 0 Å². The quantitative estimate of drug-likeness (QED) is 0.748. The van der Waals surface area contributed by atoms with Crippen molar-refractivity contribution in [3.05, 3.63) is 36.7 Å². The van der Waals surface area contributed by atoms with Crippen molar-refractivity contribution in [3.63, 3.8) is 0 Å². The Kier molecular flexibility index (Phi) is 3.78. The molecule has 8 heteroatoms. The topological polar surface area (TPSA) is 94.5 Å². The molecular weight excluding hydrogens is 286 g/mol. The summed E-state index contributed by atoms with van der Waals surface area (Å²) >= 11 is 1.34. The van der Waals surface area contributed by atoms with Crippen LogP contribution in [0.4, 0.5) is 10.8 Å². The lowest BCUT2D eigenvalue weighted by Gasteiger charge is -2.07. The van der Waals surface area contributed by atoms with Gasteiger partial charge in [-0.1, -0.05) is 0 Å². The molecule has 0 amide bonds. The van der Waals surface area contributed by atoms with Crippen LogP contribution >= 0.6 is 11.5 Å². The number of rotatable bonds is 5.